The average molecular weight is 208 g/mol. The molecule has 0 radical (unpaired) electrons. The van der Waals surface area contributed by atoms with Crippen LogP contribution in [0.5, 0.6) is 0 Å². The van der Waals surface area contributed by atoms with E-state index >= 15 is 0 Å². The fraction of sp³-hybridized carbons (Fsp3) is 0.636. The van der Waals surface area contributed by atoms with Crippen LogP contribution in [0.25, 0.3) is 0 Å². The fourth-order valence-electron chi connectivity index (χ4n) is 1.53. The normalized spacial score (nSPS) is 10.3. The van der Waals surface area contributed by atoms with Crippen LogP contribution in [0.4, 0.5) is 5.82 Å². The molecule has 0 bridgehead atoms. The molecule has 0 aliphatic carbocycles. The summed E-state index contributed by atoms with van der Waals surface area (Å²) in [5, 5.41) is 0. The zero-order valence-electron chi connectivity index (χ0n) is 9.61. The van der Waals surface area contributed by atoms with Crippen molar-refractivity contribution in [2.75, 3.05) is 18.5 Å². The van der Waals surface area contributed by atoms with Crippen LogP contribution in [-0.4, -0.2) is 23.6 Å². The van der Waals surface area contributed by atoms with Crippen molar-refractivity contribution in [2.24, 2.45) is 5.73 Å². The molecule has 15 heavy (non-hydrogen) atoms. The molecule has 0 saturated carbocycles. The van der Waals surface area contributed by atoms with Gasteiger partial charge in [-0.25, -0.2) is 4.98 Å². The quantitative estimate of drug-likeness (QED) is 0.721. The Balaban J connectivity index is 2.59. The zero-order valence-corrected chi connectivity index (χ0v) is 9.61. The molecule has 1 heterocycles. The summed E-state index contributed by atoms with van der Waals surface area (Å²) in [6.07, 6.45) is 7.07. The summed E-state index contributed by atoms with van der Waals surface area (Å²) in [5.74, 6) is 0.913. The molecule has 2 N–H and O–H groups in total. The highest BCUT2D eigenvalue weighted by molar-refractivity contribution is 5.41. The van der Waals surface area contributed by atoms with E-state index in [-0.39, 0.29) is 0 Å². The molecule has 0 unspecified atom stereocenters. The third-order valence-electron chi connectivity index (χ3n) is 2.40. The van der Waals surface area contributed by atoms with E-state index in [1.54, 1.807) is 12.4 Å². The Morgan fingerprint density at radius 3 is 2.67 bits per heavy atom. The van der Waals surface area contributed by atoms with Gasteiger partial charge >= 0.3 is 0 Å². The molecule has 1 rings (SSSR count). The third-order valence-corrected chi connectivity index (χ3v) is 2.40. The standard InChI is InChI=1S/C11H20N4/c1-3-4-5-8-15(2)11-10(9-12)13-6-7-14-11/h6-7H,3-5,8-9,12H2,1-2H3. The highest BCUT2D eigenvalue weighted by atomic mass is 15.2. The molecule has 0 aliphatic heterocycles. The van der Waals surface area contributed by atoms with Crippen LogP contribution in [0.2, 0.25) is 0 Å². The number of rotatable bonds is 6. The van der Waals surface area contributed by atoms with Crippen molar-refractivity contribution in [3.05, 3.63) is 18.1 Å². The first-order valence-electron chi connectivity index (χ1n) is 5.50. The van der Waals surface area contributed by atoms with Gasteiger partial charge in [0.15, 0.2) is 5.82 Å². The van der Waals surface area contributed by atoms with Crippen molar-refractivity contribution in [3.63, 3.8) is 0 Å². The molecule has 0 aliphatic rings. The molecule has 0 atom stereocenters. The van der Waals surface area contributed by atoms with Gasteiger partial charge in [-0.15, -0.1) is 0 Å². The minimum Gasteiger partial charge on any atom is -0.358 e. The summed E-state index contributed by atoms with van der Waals surface area (Å²) in [4.78, 5) is 10.7. The van der Waals surface area contributed by atoms with Gasteiger partial charge in [0.1, 0.15) is 0 Å². The van der Waals surface area contributed by atoms with Crippen LogP contribution >= 0.6 is 0 Å². The monoisotopic (exact) mass is 208 g/mol. The van der Waals surface area contributed by atoms with E-state index in [2.05, 4.69) is 21.8 Å². The Kier molecular flexibility index (Phi) is 5.04. The Morgan fingerprint density at radius 1 is 1.27 bits per heavy atom. The van der Waals surface area contributed by atoms with Gasteiger partial charge in [0.05, 0.1) is 5.69 Å². The van der Waals surface area contributed by atoms with Crippen LogP contribution < -0.4 is 10.6 Å². The minimum atomic E-state index is 0.446. The lowest BCUT2D eigenvalue weighted by Crippen LogP contribution is -2.22. The number of nitrogens with zero attached hydrogens (tertiary/aromatic N) is 3. The van der Waals surface area contributed by atoms with E-state index in [4.69, 9.17) is 5.73 Å². The fourth-order valence-corrected chi connectivity index (χ4v) is 1.53. The first-order chi connectivity index (χ1) is 7.29. The molecule has 0 saturated heterocycles. The molecule has 0 fully saturated rings. The molecule has 4 nitrogen and oxygen atoms in total. The maximum atomic E-state index is 5.61. The Bertz CT molecular complexity index is 288. The van der Waals surface area contributed by atoms with Gasteiger partial charge in [-0.05, 0) is 6.42 Å². The van der Waals surface area contributed by atoms with Crippen molar-refractivity contribution in [2.45, 2.75) is 32.7 Å². The highest BCUT2D eigenvalue weighted by Gasteiger charge is 2.07. The van der Waals surface area contributed by atoms with Gasteiger partial charge in [-0.3, -0.25) is 4.98 Å². The zero-order chi connectivity index (χ0) is 11.1. The number of nitrogens with two attached hydrogens (primary N) is 1. The van der Waals surface area contributed by atoms with Crippen molar-refractivity contribution < 1.29 is 0 Å². The summed E-state index contributed by atoms with van der Waals surface area (Å²) in [6, 6.07) is 0. The van der Waals surface area contributed by atoms with E-state index in [0.29, 0.717) is 6.54 Å². The predicted molar refractivity (Wildman–Crippen MR) is 62.7 cm³/mol. The van der Waals surface area contributed by atoms with Crippen molar-refractivity contribution in [3.8, 4) is 0 Å². The second kappa shape index (κ2) is 6.35. The summed E-state index contributed by atoms with van der Waals surface area (Å²) < 4.78 is 0. The van der Waals surface area contributed by atoms with E-state index in [1.807, 2.05) is 7.05 Å². The summed E-state index contributed by atoms with van der Waals surface area (Å²) in [6.45, 7) is 3.66. The van der Waals surface area contributed by atoms with Crippen LogP contribution in [-0.2, 0) is 6.54 Å². The molecular formula is C11H20N4. The minimum absolute atomic E-state index is 0.446. The maximum Gasteiger partial charge on any atom is 0.151 e. The maximum absolute atomic E-state index is 5.61. The molecular weight excluding hydrogens is 188 g/mol. The lowest BCUT2D eigenvalue weighted by atomic mass is 10.2. The topological polar surface area (TPSA) is 55.0 Å². The molecule has 1 aromatic heterocycles. The Hall–Kier alpha value is -1.16. The molecule has 0 amide bonds. The Labute approximate surface area is 91.5 Å². The van der Waals surface area contributed by atoms with Crippen molar-refractivity contribution >= 4 is 5.82 Å². The average Bonchev–Trinajstić information content (AvgIpc) is 2.29. The number of hydrogen-bond donors (Lipinski definition) is 1. The molecule has 84 valence electrons. The molecule has 4 heteroatoms. The molecule has 0 spiro atoms. The van der Waals surface area contributed by atoms with E-state index in [0.717, 1.165) is 18.1 Å². The van der Waals surface area contributed by atoms with Gasteiger partial charge in [-0.2, -0.15) is 0 Å². The van der Waals surface area contributed by atoms with Gasteiger partial charge in [0.2, 0.25) is 0 Å². The third kappa shape index (κ3) is 3.47. The van der Waals surface area contributed by atoms with E-state index in [9.17, 15) is 0 Å². The smallest absolute Gasteiger partial charge is 0.151 e. The van der Waals surface area contributed by atoms with Gasteiger partial charge < -0.3 is 10.6 Å². The van der Waals surface area contributed by atoms with E-state index < -0.39 is 0 Å². The molecule has 0 aromatic carbocycles. The van der Waals surface area contributed by atoms with Crippen LogP contribution in [0, 0.1) is 0 Å². The number of anilines is 1. The van der Waals surface area contributed by atoms with Crippen LogP contribution in [0.3, 0.4) is 0 Å². The molecule has 1 aromatic rings. The largest absolute Gasteiger partial charge is 0.358 e. The van der Waals surface area contributed by atoms with E-state index in [1.165, 1.54) is 19.3 Å². The lowest BCUT2D eigenvalue weighted by Gasteiger charge is -2.19. The summed E-state index contributed by atoms with van der Waals surface area (Å²) >= 11 is 0. The lowest BCUT2D eigenvalue weighted by molar-refractivity contribution is 0.697. The number of unbranched alkanes of at least 4 members (excludes halogenated alkanes) is 2. The van der Waals surface area contributed by atoms with Gasteiger partial charge in [-0.1, -0.05) is 19.8 Å². The SMILES string of the molecule is CCCCCN(C)c1nccnc1CN. The summed E-state index contributed by atoms with van der Waals surface area (Å²) in [7, 11) is 2.04. The second-order valence-corrected chi connectivity index (χ2v) is 3.66. The van der Waals surface area contributed by atoms with Gasteiger partial charge in [0, 0.05) is 32.5 Å². The first-order valence-corrected chi connectivity index (χ1v) is 5.50. The first kappa shape index (κ1) is 11.9. The van der Waals surface area contributed by atoms with Crippen LogP contribution in [0.15, 0.2) is 12.4 Å². The highest BCUT2D eigenvalue weighted by Crippen LogP contribution is 2.13. The predicted octanol–water partition coefficient (Wildman–Crippen LogP) is 1.56. The van der Waals surface area contributed by atoms with Crippen LogP contribution in [0.1, 0.15) is 31.9 Å². The van der Waals surface area contributed by atoms with Crippen molar-refractivity contribution in [1.82, 2.24) is 9.97 Å². The number of hydrogen-bond acceptors (Lipinski definition) is 4. The second-order valence-electron chi connectivity index (χ2n) is 3.66. The van der Waals surface area contributed by atoms with Crippen molar-refractivity contribution in [1.29, 1.82) is 0 Å². The number of aromatic nitrogens is 2. The Morgan fingerprint density at radius 2 is 2.00 bits per heavy atom. The summed E-state index contributed by atoms with van der Waals surface area (Å²) in [5.41, 5.74) is 6.49. The van der Waals surface area contributed by atoms with Gasteiger partial charge in [0.25, 0.3) is 0 Å².